The van der Waals surface area contributed by atoms with Gasteiger partial charge in [0, 0.05) is 31.7 Å². The highest BCUT2D eigenvalue weighted by Gasteiger charge is 2.16. The highest BCUT2D eigenvalue weighted by molar-refractivity contribution is 9.10. The van der Waals surface area contributed by atoms with Gasteiger partial charge < -0.3 is 15.0 Å². The molecule has 1 aliphatic rings. The summed E-state index contributed by atoms with van der Waals surface area (Å²) in [6, 6.07) is 6.39. The second-order valence-electron chi connectivity index (χ2n) is 4.17. The standard InChI is InChI=1S/C12H17BrN2O/c1-15(2)11-7-9(3-4-10(11)13)12-8-14-5-6-16-12/h3-4,7,12,14H,5-6,8H2,1-2H3. The predicted octanol–water partition coefficient (Wildman–Crippen LogP) is 2.18. The number of ether oxygens (including phenoxy) is 1. The molecule has 0 aromatic heterocycles. The summed E-state index contributed by atoms with van der Waals surface area (Å²) in [6.45, 7) is 2.64. The van der Waals surface area contributed by atoms with Gasteiger partial charge in [-0.25, -0.2) is 0 Å². The minimum Gasteiger partial charge on any atom is -0.377 e. The molecule has 1 aromatic rings. The summed E-state index contributed by atoms with van der Waals surface area (Å²) in [6.07, 6.45) is 0.181. The quantitative estimate of drug-likeness (QED) is 0.901. The molecule has 0 saturated carbocycles. The van der Waals surface area contributed by atoms with E-state index in [2.05, 4.69) is 44.3 Å². The van der Waals surface area contributed by atoms with Gasteiger partial charge in [-0.2, -0.15) is 0 Å². The van der Waals surface area contributed by atoms with Crippen LogP contribution in [0.2, 0.25) is 0 Å². The van der Waals surface area contributed by atoms with Crippen LogP contribution in [0.1, 0.15) is 11.7 Å². The van der Waals surface area contributed by atoms with Crippen molar-refractivity contribution in [1.82, 2.24) is 5.32 Å². The number of benzene rings is 1. The van der Waals surface area contributed by atoms with Crippen molar-refractivity contribution in [3.8, 4) is 0 Å². The molecule has 0 spiro atoms. The Kier molecular flexibility index (Phi) is 3.84. The smallest absolute Gasteiger partial charge is 0.0950 e. The van der Waals surface area contributed by atoms with Crippen molar-refractivity contribution >= 4 is 21.6 Å². The summed E-state index contributed by atoms with van der Waals surface area (Å²) in [5.74, 6) is 0. The lowest BCUT2D eigenvalue weighted by atomic mass is 10.1. The van der Waals surface area contributed by atoms with Crippen LogP contribution in [-0.4, -0.2) is 33.8 Å². The van der Waals surface area contributed by atoms with E-state index in [1.54, 1.807) is 0 Å². The zero-order valence-electron chi connectivity index (χ0n) is 9.66. The van der Waals surface area contributed by atoms with Crippen LogP contribution >= 0.6 is 15.9 Å². The van der Waals surface area contributed by atoms with Crippen LogP contribution in [0.5, 0.6) is 0 Å². The molecule has 1 aromatic carbocycles. The minimum absolute atomic E-state index is 0.181. The maximum absolute atomic E-state index is 5.74. The number of anilines is 1. The van der Waals surface area contributed by atoms with Gasteiger partial charge in [0.25, 0.3) is 0 Å². The minimum atomic E-state index is 0.181. The molecular weight excluding hydrogens is 268 g/mol. The van der Waals surface area contributed by atoms with Crippen LogP contribution in [0, 0.1) is 0 Å². The molecule has 88 valence electrons. The van der Waals surface area contributed by atoms with Crippen molar-refractivity contribution in [2.24, 2.45) is 0 Å². The van der Waals surface area contributed by atoms with Crippen LogP contribution in [0.4, 0.5) is 5.69 Å². The van der Waals surface area contributed by atoms with Gasteiger partial charge in [-0.1, -0.05) is 6.07 Å². The lowest BCUT2D eigenvalue weighted by Gasteiger charge is -2.25. The summed E-state index contributed by atoms with van der Waals surface area (Å²) >= 11 is 3.56. The zero-order chi connectivity index (χ0) is 11.5. The Labute approximate surface area is 105 Å². The number of hydrogen-bond acceptors (Lipinski definition) is 3. The fourth-order valence-corrected chi connectivity index (χ4v) is 2.45. The van der Waals surface area contributed by atoms with Crippen molar-refractivity contribution in [2.75, 3.05) is 38.7 Å². The Balaban J connectivity index is 2.24. The van der Waals surface area contributed by atoms with E-state index in [0.29, 0.717) is 0 Å². The third kappa shape index (κ3) is 2.56. The lowest BCUT2D eigenvalue weighted by molar-refractivity contribution is 0.0277. The highest BCUT2D eigenvalue weighted by atomic mass is 79.9. The molecule has 3 nitrogen and oxygen atoms in total. The van der Waals surface area contributed by atoms with Crippen LogP contribution in [0.3, 0.4) is 0 Å². The molecule has 16 heavy (non-hydrogen) atoms. The number of halogens is 1. The molecule has 0 radical (unpaired) electrons. The summed E-state index contributed by atoms with van der Waals surface area (Å²) in [4.78, 5) is 2.10. The first kappa shape index (κ1) is 11.9. The van der Waals surface area contributed by atoms with Crippen molar-refractivity contribution in [3.05, 3.63) is 28.2 Å². The van der Waals surface area contributed by atoms with Crippen LogP contribution in [0.25, 0.3) is 0 Å². The summed E-state index contributed by atoms with van der Waals surface area (Å²) < 4.78 is 6.86. The second-order valence-corrected chi connectivity index (χ2v) is 5.02. The van der Waals surface area contributed by atoms with Crippen molar-refractivity contribution in [2.45, 2.75) is 6.10 Å². The Morgan fingerprint density at radius 1 is 1.44 bits per heavy atom. The van der Waals surface area contributed by atoms with E-state index in [4.69, 9.17) is 4.74 Å². The molecule has 1 aliphatic heterocycles. The number of rotatable bonds is 2. The summed E-state index contributed by atoms with van der Waals surface area (Å²) in [5.41, 5.74) is 2.42. The third-order valence-electron chi connectivity index (χ3n) is 2.75. The molecule has 1 unspecified atom stereocenters. The van der Waals surface area contributed by atoms with E-state index in [9.17, 15) is 0 Å². The third-order valence-corrected chi connectivity index (χ3v) is 3.42. The molecule has 0 bridgehead atoms. The highest BCUT2D eigenvalue weighted by Crippen LogP contribution is 2.29. The van der Waals surface area contributed by atoms with Gasteiger partial charge in [-0.05, 0) is 33.6 Å². The topological polar surface area (TPSA) is 24.5 Å². The molecule has 1 N–H and O–H groups in total. The molecule has 0 amide bonds. The molecule has 1 fully saturated rings. The Morgan fingerprint density at radius 3 is 2.88 bits per heavy atom. The molecular formula is C12H17BrN2O. The van der Waals surface area contributed by atoms with Crippen LogP contribution < -0.4 is 10.2 Å². The first-order chi connectivity index (χ1) is 7.68. The van der Waals surface area contributed by atoms with Gasteiger partial charge in [-0.15, -0.1) is 0 Å². The number of nitrogens with zero attached hydrogens (tertiary/aromatic N) is 1. The average Bonchev–Trinajstić information content (AvgIpc) is 2.30. The van der Waals surface area contributed by atoms with Gasteiger partial charge in [0.2, 0.25) is 0 Å². The van der Waals surface area contributed by atoms with E-state index in [-0.39, 0.29) is 6.10 Å². The zero-order valence-corrected chi connectivity index (χ0v) is 11.3. The lowest BCUT2D eigenvalue weighted by Crippen LogP contribution is -2.33. The van der Waals surface area contributed by atoms with Crippen molar-refractivity contribution in [3.63, 3.8) is 0 Å². The van der Waals surface area contributed by atoms with Crippen LogP contribution in [0.15, 0.2) is 22.7 Å². The van der Waals surface area contributed by atoms with Gasteiger partial charge in [0.05, 0.1) is 18.4 Å². The summed E-state index contributed by atoms with van der Waals surface area (Å²) in [7, 11) is 4.09. The second kappa shape index (κ2) is 5.17. The monoisotopic (exact) mass is 284 g/mol. The molecule has 4 heteroatoms. The van der Waals surface area contributed by atoms with E-state index >= 15 is 0 Å². The normalized spacial score (nSPS) is 20.8. The van der Waals surface area contributed by atoms with E-state index < -0.39 is 0 Å². The first-order valence-corrected chi connectivity index (χ1v) is 6.27. The van der Waals surface area contributed by atoms with E-state index in [1.807, 2.05) is 14.1 Å². The SMILES string of the molecule is CN(C)c1cc(C2CNCCO2)ccc1Br. The molecule has 1 heterocycles. The molecule has 2 rings (SSSR count). The Morgan fingerprint density at radius 2 is 2.25 bits per heavy atom. The number of nitrogens with one attached hydrogen (secondary N) is 1. The average molecular weight is 285 g/mol. The number of hydrogen-bond donors (Lipinski definition) is 1. The molecule has 1 atom stereocenters. The largest absolute Gasteiger partial charge is 0.377 e. The molecule has 0 aliphatic carbocycles. The number of morpholine rings is 1. The summed E-state index contributed by atoms with van der Waals surface area (Å²) in [5, 5.41) is 3.35. The fraction of sp³-hybridized carbons (Fsp3) is 0.500. The van der Waals surface area contributed by atoms with Gasteiger partial charge >= 0.3 is 0 Å². The van der Waals surface area contributed by atoms with Crippen molar-refractivity contribution in [1.29, 1.82) is 0 Å². The molecule has 1 saturated heterocycles. The van der Waals surface area contributed by atoms with Crippen molar-refractivity contribution < 1.29 is 4.74 Å². The van der Waals surface area contributed by atoms with Gasteiger partial charge in [0.1, 0.15) is 0 Å². The van der Waals surface area contributed by atoms with Gasteiger partial charge in [-0.3, -0.25) is 0 Å². The Bertz CT molecular complexity index is 362. The van der Waals surface area contributed by atoms with Crippen LogP contribution in [-0.2, 0) is 4.74 Å². The Hall–Kier alpha value is -0.580. The van der Waals surface area contributed by atoms with E-state index in [1.165, 1.54) is 11.3 Å². The maximum Gasteiger partial charge on any atom is 0.0950 e. The first-order valence-electron chi connectivity index (χ1n) is 5.47. The fourth-order valence-electron chi connectivity index (χ4n) is 1.85. The predicted molar refractivity (Wildman–Crippen MR) is 70.0 cm³/mol. The van der Waals surface area contributed by atoms with E-state index in [0.717, 1.165) is 24.2 Å². The van der Waals surface area contributed by atoms with Gasteiger partial charge in [0.15, 0.2) is 0 Å². The maximum atomic E-state index is 5.74.